The zero-order chi connectivity index (χ0) is 16.9. The predicted molar refractivity (Wildman–Crippen MR) is 88.5 cm³/mol. The number of likely N-dealkylation sites (tertiary alicyclic amines) is 1. The Morgan fingerprint density at radius 2 is 2.08 bits per heavy atom. The topological polar surface area (TPSA) is 71.5 Å². The number of nitrogens with zero attached hydrogens (tertiary/aromatic N) is 2. The molecule has 2 amide bonds. The highest BCUT2D eigenvalue weighted by Crippen LogP contribution is 2.17. The van der Waals surface area contributed by atoms with Gasteiger partial charge < -0.3 is 15.0 Å². The Hall–Kier alpha value is -2.89. The Kier molecular flexibility index (Phi) is 4.74. The summed E-state index contributed by atoms with van der Waals surface area (Å²) in [6.07, 6.45) is 1.87. The van der Waals surface area contributed by atoms with Crippen molar-refractivity contribution in [1.29, 1.82) is 0 Å². The second-order valence-electron chi connectivity index (χ2n) is 5.69. The van der Waals surface area contributed by atoms with Gasteiger partial charge in [0, 0.05) is 25.7 Å². The molecule has 1 aromatic heterocycles. The van der Waals surface area contributed by atoms with Crippen LogP contribution >= 0.6 is 0 Å². The van der Waals surface area contributed by atoms with Gasteiger partial charge in [-0.1, -0.05) is 30.3 Å². The summed E-state index contributed by atoms with van der Waals surface area (Å²) in [6, 6.07) is 12.9. The van der Waals surface area contributed by atoms with Gasteiger partial charge in [0.25, 0.3) is 5.91 Å². The molecule has 2 heterocycles. The monoisotopic (exact) mass is 325 g/mol. The average Bonchev–Trinajstić information content (AvgIpc) is 2.94. The molecule has 2 aromatic rings. The number of carbonyl (C=O) groups is 2. The maximum absolute atomic E-state index is 12.4. The molecule has 1 aliphatic heterocycles. The third kappa shape index (κ3) is 3.53. The number of rotatable bonds is 5. The quantitative estimate of drug-likeness (QED) is 0.907. The normalized spacial score (nSPS) is 17.0. The summed E-state index contributed by atoms with van der Waals surface area (Å²) < 4.78 is 5.10. The number of methoxy groups -OCH3 is 1. The number of amides is 2. The third-order valence-corrected chi connectivity index (χ3v) is 3.98. The lowest BCUT2D eigenvalue weighted by molar-refractivity contribution is -0.128. The van der Waals surface area contributed by atoms with Crippen molar-refractivity contribution in [2.45, 2.75) is 19.0 Å². The van der Waals surface area contributed by atoms with Crippen molar-refractivity contribution in [2.24, 2.45) is 0 Å². The van der Waals surface area contributed by atoms with Gasteiger partial charge in [0.2, 0.25) is 11.8 Å². The van der Waals surface area contributed by atoms with Crippen molar-refractivity contribution in [1.82, 2.24) is 15.2 Å². The molecule has 0 radical (unpaired) electrons. The van der Waals surface area contributed by atoms with Gasteiger partial charge in [0.1, 0.15) is 5.56 Å². The van der Waals surface area contributed by atoms with Crippen LogP contribution in [0.3, 0.4) is 0 Å². The average molecular weight is 325 g/mol. The Bertz CT molecular complexity index is 733. The molecule has 1 atom stereocenters. The first-order valence-corrected chi connectivity index (χ1v) is 7.79. The molecule has 1 aliphatic rings. The van der Waals surface area contributed by atoms with Crippen molar-refractivity contribution in [3.05, 3.63) is 59.8 Å². The van der Waals surface area contributed by atoms with Crippen LogP contribution in [0.2, 0.25) is 0 Å². The second kappa shape index (κ2) is 7.12. The molecule has 1 fully saturated rings. The van der Waals surface area contributed by atoms with Crippen LogP contribution in [0, 0.1) is 0 Å². The van der Waals surface area contributed by atoms with E-state index in [-0.39, 0.29) is 23.7 Å². The fourth-order valence-electron chi connectivity index (χ4n) is 2.81. The van der Waals surface area contributed by atoms with E-state index in [2.05, 4.69) is 10.3 Å². The minimum absolute atomic E-state index is 0.0438. The fraction of sp³-hybridized carbons (Fsp3) is 0.278. The molecule has 1 aromatic carbocycles. The van der Waals surface area contributed by atoms with Gasteiger partial charge in [0.15, 0.2) is 0 Å². The molecule has 24 heavy (non-hydrogen) atoms. The van der Waals surface area contributed by atoms with Crippen LogP contribution in [0.1, 0.15) is 22.3 Å². The van der Waals surface area contributed by atoms with Gasteiger partial charge in [-0.3, -0.25) is 9.59 Å². The number of carbonyl (C=O) groups excluding carboxylic acids is 2. The molecular weight excluding hydrogens is 306 g/mol. The molecule has 3 rings (SSSR count). The number of hydrogen-bond donors (Lipinski definition) is 1. The molecule has 0 bridgehead atoms. The number of nitrogens with one attached hydrogen (secondary N) is 1. The van der Waals surface area contributed by atoms with E-state index >= 15 is 0 Å². The van der Waals surface area contributed by atoms with E-state index in [1.807, 2.05) is 30.3 Å². The summed E-state index contributed by atoms with van der Waals surface area (Å²) in [5.41, 5.74) is 1.45. The van der Waals surface area contributed by atoms with E-state index in [0.29, 0.717) is 25.1 Å². The number of pyridine rings is 1. The summed E-state index contributed by atoms with van der Waals surface area (Å²) in [6.45, 7) is 1.06. The summed E-state index contributed by atoms with van der Waals surface area (Å²) in [7, 11) is 1.47. The lowest BCUT2D eigenvalue weighted by Crippen LogP contribution is -2.37. The van der Waals surface area contributed by atoms with Crippen LogP contribution < -0.4 is 10.1 Å². The van der Waals surface area contributed by atoms with Crippen molar-refractivity contribution < 1.29 is 14.3 Å². The standard InChI is InChI=1S/C18H19N3O3/c1-24-18-15(8-5-9-19-18)17(23)20-14-10-16(22)21(12-14)11-13-6-3-2-4-7-13/h2-9,14H,10-12H2,1H3,(H,20,23)/t14-/m0/s1. The smallest absolute Gasteiger partial charge is 0.257 e. The van der Waals surface area contributed by atoms with Crippen molar-refractivity contribution in [3.8, 4) is 5.88 Å². The zero-order valence-electron chi connectivity index (χ0n) is 13.4. The molecular formula is C18H19N3O3. The third-order valence-electron chi connectivity index (χ3n) is 3.98. The molecule has 1 saturated heterocycles. The Morgan fingerprint density at radius 3 is 2.83 bits per heavy atom. The molecule has 0 saturated carbocycles. The number of aromatic nitrogens is 1. The SMILES string of the molecule is COc1ncccc1C(=O)N[C@H]1CC(=O)N(Cc2ccccc2)C1. The number of benzene rings is 1. The van der Waals surface area contributed by atoms with E-state index in [9.17, 15) is 9.59 Å². The lowest BCUT2D eigenvalue weighted by atomic mass is 10.2. The lowest BCUT2D eigenvalue weighted by Gasteiger charge is -2.17. The van der Waals surface area contributed by atoms with Crippen LogP contribution in [0.4, 0.5) is 0 Å². The van der Waals surface area contributed by atoms with E-state index in [0.717, 1.165) is 5.56 Å². The van der Waals surface area contributed by atoms with E-state index in [1.54, 1.807) is 23.2 Å². The highest BCUT2D eigenvalue weighted by Gasteiger charge is 2.31. The summed E-state index contributed by atoms with van der Waals surface area (Å²) in [5, 5.41) is 2.89. The second-order valence-corrected chi connectivity index (χ2v) is 5.69. The van der Waals surface area contributed by atoms with Gasteiger partial charge in [0.05, 0.1) is 13.2 Å². The molecule has 0 spiro atoms. The molecule has 1 N–H and O–H groups in total. The molecule has 0 unspecified atom stereocenters. The molecule has 124 valence electrons. The summed E-state index contributed by atoms with van der Waals surface area (Å²) in [5.74, 6) is 0.0436. The maximum atomic E-state index is 12.4. The van der Waals surface area contributed by atoms with Crippen LogP contribution in [0.5, 0.6) is 5.88 Å². The Morgan fingerprint density at radius 1 is 1.29 bits per heavy atom. The number of ether oxygens (including phenoxy) is 1. The maximum Gasteiger partial charge on any atom is 0.257 e. The highest BCUT2D eigenvalue weighted by atomic mass is 16.5. The van der Waals surface area contributed by atoms with Crippen molar-refractivity contribution >= 4 is 11.8 Å². The summed E-state index contributed by atoms with van der Waals surface area (Å²) in [4.78, 5) is 30.3. The first kappa shape index (κ1) is 16.0. The predicted octanol–water partition coefficient (Wildman–Crippen LogP) is 1.62. The van der Waals surface area contributed by atoms with Crippen molar-refractivity contribution in [3.63, 3.8) is 0 Å². The van der Waals surface area contributed by atoms with Crippen LogP contribution in [-0.2, 0) is 11.3 Å². The van der Waals surface area contributed by atoms with Crippen LogP contribution in [0.15, 0.2) is 48.7 Å². The minimum atomic E-state index is -0.278. The van der Waals surface area contributed by atoms with E-state index < -0.39 is 0 Å². The first-order chi connectivity index (χ1) is 11.7. The fourth-order valence-corrected chi connectivity index (χ4v) is 2.81. The van der Waals surface area contributed by atoms with Gasteiger partial charge in [-0.15, -0.1) is 0 Å². The minimum Gasteiger partial charge on any atom is -0.480 e. The summed E-state index contributed by atoms with van der Waals surface area (Å²) >= 11 is 0. The number of hydrogen-bond acceptors (Lipinski definition) is 4. The van der Waals surface area contributed by atoms with Gasteiger partial charge in [-0.2, -0.15) is 0 Å². The van der Waals surface area contributed by atoms with E-state index in [1.165, 1.54) is 7.11 Å². The van der Waals surface area contributed by atoms with Gasteiger partial charge >= 0.3 is 0 Å². The van der Waals surface area contributed by atoms with Crippen LogP contribution in [0.25, 0.3) is 0 Å². The van der Waals surface area contributed by atoms with Crippen LogP contribution in [-0.4, -0.2) is 41.4 Å². The zero-order valence-corrected chi connectivity index (χ0v) is 13.4. The van der Waals surface area contributed by atoms with Gasteiger partial charge in [-0.25, -0.2) is 4.98 Å². The Labute approximate surface area is 140 Å². The van der Waals surface area contributed by atoms with Crippen molar-refractivity contribution in [2.75, 3.05) is 13.7 Å². The molecule has 6 heteroatoms. The molecule has 0 aliphatic carbocycles. The molecule has 6 nitrogen and oxygen atoms in total. The Balaban J connectivity index is 1.63. The highest BCUT2D eigenvalue weighted by molar-refractivity contribution is 5.97. The first-order valence-electron chi connectivity index (χ1n) is 7.79. The van der Waals surface area contributed by atoms with Gasteiger partial charge in [-0.05, 0) is 17.7 Å². The van der Waals surface area contributed by atoms with E-state index in [4.69, 9.17) is 4.74 Å². The largest absolute Gasteiger partial charge is 0.480 e.